The molecule has 5 atom stereocenters. The third-order valence-corrected chi connectivity index (χ3v) is 11.8. The molecule has 0 spiro atoms. The van der Waals surface area contributed by atoms with Crippen molar-refractivity contribution in [2.24, 2.45) is 11.8 Å². The number of nitrogens with zero attached hydrogens (tertiary/aromatic N) is 2. The summed E-state index contributed by atoms with van der Waals surface area (Å²) in [6.45, 7) is 6.94. The molecule has 3 aromatic rings. The van der Waals surface area contributed by atoms with Crippen LogP contribution in [0.1, 0.15) is 70.2 Å². The molecule has 3 aromatic carbocycles. The van der Waals surface area contributed by atoms with Gasteiger partial charge in [0.15, 0.2) is 17.7 Å². The Morgan fingerprint density at radius 2 is 1.29 bits per heavy atom. The van der Waals surface area contributed by atoms with Gasteiger partial charge in [-0.2, -0.15) is 0 Å². The third kappa shape index (κ3) is 12.1. The lowest BCUT2D eigenvalue weighted by molar-refractivity contribution is -0.143. The van der Waals surface area contributed by atoms with Gasteiger partial charge in [0, 0.05) is 31.3 Å². The highest BCUT2D eigenvalue weighted by molar-refractivity contribution is 6.52. The van der Waals surface area contributed by atoms with Crippen LogP contribution in [0.15, 0.2) is 54.6 Å². The number of para-hydroxylation sites is 1. The van der Waals surface area contributed by atoms with Crippen LogP contribution in [0.4, 0.5) is 28.9 Å². The molecule has 5 unspecified atom stereocenters. The van der Waals surface area contributed by atoms with Crippen LogP contribution in [-0.2, 0) is 42.7 Å². The Labute approximate surface area is 394 Å². The van der Waals surface area contributed by atoms with Gasteiger partial charge >= 0.3 is 32.1 Å². The molecule has 4 aliphatic rings. The van der Waals surface area contributed by atoms with Crippen LogP contribution >= 0.6 is 0 Å². The summed E-state index contributed by atoms with van der Waals surface area (Å²) in [5.74, 6) is -11.4. The number of ether oxygens (including phenoxy) is 1. The second kappa shape index (κ2) is 21.6. The molecule has 4 amide bonds. The number of esters is 1. The Morgan fingerprint density at radius 1 is 0.710 bits per heavy atom. The molecule has 4 heterocycles. The first-order chi connectivity index (χ1) is 32.8. The highest BCUT2D eigenvalue weighted by Crippen LogP contribution is 2.35. The van der Waals surface area contributed by atoms with Gasteiger partial charge in [-0.05, 0) is 61.8 Å². The molecule has 69 heavy (non-hydrogen) atoms. The Balaban J connectivity index is 0.893. The second-order valence-corrected chi connectivity index (χ2v) is 17.9. The van der Waals surface area contributed by atoms with E-state index in [-0.39, 0.29) is 48.2 Å². The van der Waals surface area contributed by atoms with Crippen LogP contribution in [0.2, 0.25) is 0 Å². The van der Waals surface area contributed by atoms with Gasteiger partial charge in [-0.3, -0.25) is 28.8 Å². The van der Waals surface area contributed by atoms with Crippen LogP contribution in [0, 0.1) is 35.1 Å². The summed E-state index contributed by atoms with van der Waals surface area (Å²) < 4.78 is 85.7. The summed E-state index contributed by atoms with van der Waals surface area (Å²) in [6.07, 6.45) is -1.13. The molecule has 0 bridgehead atoms. The van der Waals surface area contributed by atoms with E-state index in [1.165, 1.54) is 15.9 Å². The van der Waals surface area contributed by atoms with Crippen LogP contribution < -0.4 is 40.5 Å². The van der Waals surface area contributed by atoms with Gasteiger partial charge in [0.1, 0.15) is 35.3 Å². The summed E-state index contributed by atoms with van der Waals surface area (Å²) in [6, 6.07) is 9.09. The van der Waals surface area contributed by atoms with E-state index < -0.39 is 134 Å². The van der Waals surface area contributed by atoms with E-state index >= 15 is 8.78 Å². The van der Waals surface area contributed by atoms with E-state index in [0.29, 0.717) is 37.3 Å². The van der Waals surface area contributed by atoms with E-state index in [0.717, 1.165) is 12.1 Å². The number of rotatable bonds is 19. The zero-order valence-corrected chi connectivity index (χ0v) is 38.1. The van der Waals surface area contributed by atoms with Crippen molar-refractivity contribution in [3.8, 4) is 11.5 Å². The molecule has 4 aliphatic heterocycles. The SMILES string of the molecule is CC(C)CC(NC(=O)CNC(=O)C1CCN1c1cc(OC(=O)CC2OB(C(CC(C)C)NC(=O)CNC(=O)C3CCN3c3ccc(F)cc3F)OC2=O)c(F)cc1F)B1OC(=O)c2ccccc2O1. The molecular weight excluding hydrogens is 914 g/mol. The highest BCUT2D eigenvalue weighted by Gasteiger charge is 2.48. The van der Waals surface area contributed by atoms with Crippen molar-refractivity contribution in [3.63, 3.8) is 0 Å². The van der Waals surface area contributed by atoms with Crippen LogP contribution in [0.3, 0.4) is 0 Å². The van der Waals surface area contributed by atoms with E-state index in [4.69, 9.17) is 23.4 Å². The lowest BCUT2D eigenvalue weighted by Gasteiger charge is -2.41. The predicted molar refractivity (Wildman–Crippen MR) is 238 cm³/mol. The summed E-state index contributed by atoms with van der Waals surface area (Å²) in [5, 5.41) is 10.4. The zero-order chi connectivity index (χ0) is 49.7. The molecule has 0 aliphatic carbocycles. The van der Waals surface area contributed by atoms with Gasteiger partial charge < -0.3 is 54.4 Å². The van der Waals surface area contributed by atoms with Crippen LogP contribution in [-0.4, -0.2) is 112 Å². The Hall–Kier alpha value is -6.84. The first kappa shape index (κ1) is 50.0. The van der Waals surface area contributed by atoms with Crippen molar-refractivity contribution >= 4 is 67.1 Å². The van der Waals surface area contributed by atoms with E-state index in [9.17, 15) is 42.3 Å². The average Bonchev–Trinajstić information content (AvgIpc) is 3.62. The number of benzene rings is 3. The lowest BCUT2D eigenvalue weighted by Crippen LogP contribution is -2.59. The minimum atomic E-state index is -1.54. The average molecular weight is 965 g/mol. The zero-order valence-electron chi connectivity index (χ0n) is 38.1. The molecule has 0 saturated carbocycles. The highest BCUT2D eigenvalue weighted by atomic mass is 19.1. The first-order valence-corrected chi connectivity index (χ1v) is 22.5. The van der Waals surface area contributed by atoms with Crippen LogP contribution in [0.5, 0.6) is 11.5 Å². The second-order valence-electron chi connectivity index (χ2n) is 17.9. The van der Waals surface area contributed by atoms with Crippen molar-refractivity contribution in [1.29, 1.82) is 0 Å². The molecule has 366 valence electrons. The summed E-state index contributed by atoms with van der Waals surface area (Å²) in [4.78, 5) is 93.6. The van der Waals surface area contributed by atoms with Gasteiger partial charge in [-0.1, -0.05) is 39.8 Å². The molecule has 3 saturated heterocycles. The number of hydrogen-bond donors (Lipinski definition) is 4. The maximum Gasteiger partial charge on any atom is 0.620 e. The Kier molecular flexibility index (Phi) is 15.7. The molecule has 24 heteroatoms. The van der Waals surface area contributed by atoms with E-state index in [1.807, 2.05) is 27.7 Å². The number of halogens is 4. The number of nitrogens with one attached hydrogen (secondary N) is 4. The fraction of sp³-hybridized carbons (Fsp3) is 0.444. The molecule has 7 rings (SSSR count). The van der Waals surface area contributed by atoms with Crippen molar-refractivity contribution in [2.45, 2.75) is 89.9 Å². The maximum atomic E-state index is 15.2. The van der Waals surface area contributed by atoms with Gasteiger partial charge in [0.05, 0.1) is 48.3 Å². The molecule has 4 N–H and O–H groups in total. The lowest BCUT2D eigenvalue weighted by atomic mass is 9.72. The normalized spacial score (nSPS) is 19.3. The minimum absolute atomic E-state index is 0.0430. The quantitative estimate of drug-likeness (QED) is 0.0588. The van der Waals surface area contributed by atoms with Crippen molar-refractivity contribution < 1.29 is 74.5 Å². The summed E-state index contributed by atoms with van der Waals surface area (Å²) in [5.41, 5.74) is 0.00379. The van der Waals surface area contributed by atoms with Crippen molar-refractivity contribution in [2.75, 3.05) is 36.0 Å². The van der Waals surface area contributed by atoms with Crippen molar-refractivity contribution in [3.05, 3.63) is 83.4 Å². The fourth-order valence-electron chi connectivity index (χ4n) is 8.29. The summed E-state index contributed by atoms with van der Waals surface area (Å²) in [7, 11) is -2.51. The topological polar surface area (TPSA) is 220 Å². The molecule has 0 radical (unpaired) electrons. The number of fused-ring (bicyclic) bond motifs is 1. The van der Waals surface area contributed by atoms with Gasteiger partial charge in [0.25, 0.3) is 0 Å². The third-order valence-electron chi connectivity index (χ3n) is 11.8. The maximum absolute atomic E-state index is 15.2. The summed E-state index contributed by atoms with van der Waals surface area (Å²) >= 11 is 0. The molecule has 18 nitrogen and oxygen atoms in total. The first-order valence-electron chi connectivity index (χ1n) is 22.5. The van der Waals surface area contributed by atoms with E-state index in [2.05, 4.69) is 21.3 Å². The van der Waals surface area contributed by atoms with Gasteiger partial charge in [0.2, 0.25) is 23.6 Å². The monoisotopic (exact) mass is 964 g/mol. The van der Waals surface area contributed by atoms with E-state index in [1.54, 1.807) is 24.3 Å². The Bertz CT molecular complexity index is 2490. The van der Waals surface area contributed by atoms with Gasteiger partial charge in [-0.15, -0.1) is 0 Å². The minimum Gasteiger partial charge on any atom is -0.524 e. The van der Waals surface area contributed by atoms with Gasteiger partial charge in [-0.25, -0.2) is 22.4 Å². The smallest absolute Gasteiger partial charge is 0.524 e. The largest absolute Gasteiger partial charge is 0.620 e. The number of hydrogen-bond acceptors (Lipinski definition) is 14. The predicted octanol–water partition coefficient (Wildman–Crippen LogP) is 2.94. The number of carbonyl (C=O) groups is 7. The Morgan fingerprint density at radius 3 is 1.87 bits per heavy atom. The number of carbonyl (C=O) groups excluding carboxylic acids is 7. The molecule has 0 aromatic heterocycles. The number of amides is 4. The standard InChI is InChI=1S/C45H50B2F4N6O12/c1-23(2)15-37(46-66-34-8-6-5-7-26(34)44(63)68-46)54-39(58)22-53-43(62)32-12-14-57(32)33-19-35(29(51)18-28(33)50)65-41(60)20-36-45(64)69-47(67-36)38(16-24(3)4)55-40(59)21-52-42(61)31-11-13-56(31)30-10-9-25(48)17-27(30)49/h5-10,17-19,23-24,31-32,36-38H,11-16,20-22H2,1-4H3,(H,52,61)(H,53,62)(H,54,58)(H,55,59). The molecule has 3 fully saturated rings. The van der Waals surface area contributed by atoms with Crippen molar-refractivity contribution in [1.82, 2.24) is 21.3 Å². The molecular formula is C45H50B2F4N6O12. The fourth-order valence-corrected chi connectivity index (χ4v) is 8.29. The number of anilines is 2. The van der Waals surface area contributed by atoms with Crippen LogP contribution in [0.25, 0.3) is 0 Å².